The maximum Gasteiger partial charge on any atom is 0.309 e. The first-order valence-electron chi connectivity index (χ1n) is 20.0. The van der Waals surface area contributed by atoms with E-state index in [0.717, 1.165) is 63.6 Å². The molecule has 1 aromatic rings. The highest BCUT2D eigenvalue weighted by Gasteiger charge is 2.66. The number of phenols is 1. The van der Waals surface area contributed by atoms with E-state index < -0.39 is 17.4 Å². The standard InChI is InChI=1S/C44H65NO6/c1-27(2)37-32(47)25-44(22-24-45-23-18-28-9-11-29(46)12-10-28)21-15-31-30(38(37)44)13-14-34-42(31,7)19-16-33-41(5,6)35(17-20-43(33,34)8)51-36(48)26-40(3,4)39(49)50/h9-12,27,30-31,33-35,45-46H,13-26H2,1-8H3,(H,49,50). The Balaban J connectivity index is 1.18. The fourth-order valence-electron chi connectivity index (χ4n) is 12.9. The second kappa shape index (κ2) is 13.6. The zero-order valence-electron chi connectivity index (χ0n) is 32.7. The maximum atomic E-state index is 13.9. The van der Waals surface area contributed by atoms with Crippen molar-refractivity contribution in [3.63, 3.8) is 0 Å². The van der Waals surface area contributed by atoms with E-state index in [9.17, 15) is 24.6 Å². The SMILES string of the molecule is CC(C)C1=C2C3CCC4C(C)(CCC5C(C)(C)C(OC(=O)CC(C)(C)C(=O)O)CCC54C)C3CCC2(CCNCCc2ccc(O)cc2)CC1=O. The van der Waals surface area contributed by atoms with Crippen LogP contribution in [0.4, 0.5) is 0 Å². The summed E-state index contributed by atoms with van der Waals surface area (Å²) in [5, 5.41) is 22.9. The van der Waals surface area contributed by atoms with Crippen LogP contribution in [0.3, 0.4) is 0 Å². The number of phenolic OH excluding ortho intramolecular Hbond substituents is 1. The quantitative estimate of drug-likeness (QED) is 0.156. The number of hydrogen-bond acceptors (Lipinski definition) is 6. The number of carbonyl (C=O) groups excluding carboxylic acids is 2. The van der Waals surface area contributed by atoms with Crippen molar-refractivity contribution in [1.29, 1.82) is 0 Å². The second-order valence-electron chi connectivity index (χ2n) is 19.5. The lowest BCUT2D eigenvalue weighted by molar-refractivity contribution is -0.213. The van der Waals surface area contributed by atoms with Crippen molar-refractivity contribution in [2.75, 3.05) is 13.1 Å². The van der Waals surface area contributed by atoms with Crippen LogP contribution in [-0.2, 0) is 25.5 Å². The van der Waals surface area contributed by atoms with Gasteiger partial charge in [-0.3, -0.25) is 14.4 Å². The number of aliphatic carboxylic acids is 1. The van der Waals surface area contributed by atoms with Crippen molar-refractivity contribution in [3.8, 4) is 5.75 Å². The normalized spacial score (nSPS) is 35.9. The number of carboxylic acid groups (broad SMARTS) is 1. The largest absolute Gasteiger partial charge is 0.508 e. The van der Waals surface area contributed by atoms with Gasteiger partial charge in [0.25, 0.3) is 0 Å². The smallest absolute Gasteiger partial charge is 0.309 e. The summed E-state index contributed by atoms with van der Waals surface area (Å²) in [6.45, 7) is 19.2. The zero-order valence-corrected chi connectivity index (χ0v) is 32.7. The van der Waals surface area contributed by atoms with Crippen molar-refractivity contribution < 1.29 is 29.3 Å². The van der Waals surface area contributed by atoms with E-state index in [1.807, 2.05) is 12.1 Å². The van der Waals surface area contributed by atoms with Crippen LogP contribution in [0.15, 0.2) is 35.4 Å². The molecular formula is C44H65NO6. The molecule has 5 aliphatic rings. The molecule has 7 heteroatoms. The maximum absolute atomic E-state index is 13.9. The van der Waals surface area contributed by atoms with Gasteiger partial charge in [0.1, 0.15) is 11.9 Å². The molecule has 3 N–H and O–H groups in total. The zero-order chi connectivity index (χ0) is 37.1. The number of ketones is 1. The lowest BCUT2D eigenvalue weighted by Gasteiger charge is -2.69. The Morgan fingerprint density at radius 2 is 1.61 bits per heavy atom. The van der Waals surface area contributed by atoms with E-state index in [1.54, 1.807) is 31.6 Å². The molecule has 0 aliphatic heterocycles. The molecule has 0 spiro atoms. The molecule has 0 heterocycles. The Morgan fingerprint density at radius 3 is 2.27 bits per heavy atom. The van der Waals surface area contributed by atoms with Gasteiger partial charge in [-0.2, -0.15) is 0 Å². The molecule has 282 valence electrons. The summed E-state index contributed by atoms with van der Waals surface area (Å²) in [5.41, 5.74) is 2.90. The minimum absolute atomic E-state index is 0.0210. The predicted octanol–water partition coefficient (Wildman–Crippen LogP) is 8.92. The first-order valence-corrected chi connectivity index (χ1v) is 20.0. The van der Waals surface area contributed by atoms with Gasteiger partial charge >= 0.3 is 11.9 Å². The summed E-state index contributed by atoms with van der Waals surface area (Å²) in [7, 11) is 0. The van der Waals surface area contributed by atoms with E-state index in [0.29, 0.717) is 41.6 Å². The van der Waals surface area contributed by atoms with Gasteiger partial charge in [-0.1, -0.05) is 59.2 Å². The first-order chi connectivity index (χ1) is 23.9. The molecule has 0 aromatic heterocycles. The number of carboxylic acids is 1. The molecule has 4 fully saturated rings. The molecule has 7 nitrogen and oxygen atoms in total. The molecule has 8 atom stereocenters. The van der Waals surface area contributed by atoms with Crippen molar-refractivity contribution in [3.05, 3.63) is 41.0 Å². The van der Waals surface area contributed by atoms with Crippen molar-refractivity contribution >= 4 is 17.7 Å². The molecule has 6 rings (SSSR count). The Hall–Kier alpha value is -2.67. The van der Waals surface area contributed by atoms with E-state index >= 15 is 0 Å². The topological polar surface area (TPSA) is 113 Å². The van der Waals surface area contributed by atoms with Gasteiger partial charge < -0.3 is 20.3 Å². The minimum Gasteiger partial charge on any atom is -0.508 e. The number of fused-ring (bicyclic) bond motifs is 7. The fourth-order valence-corrected chi connectivity index (χ4v) is 12.9. The van der Waals surface area contributed by atoms with Crippen molar-refractivity contribution in [2.24, 2.45) is 56.7 Å². The monoisotopic (exact) mass is 703 g/mol. The molecule has 51 heavy (non-hydrogen) atoms. The molecule has 8 unspecified atom stereocenters. The average Bonchev–Trinajstić information content (AvgIpc) is 3.35. The van der Waals surface area contributed by atoms with E-state index in [4.69, 9.17) is 4.74 Å². The Labute approximate surface area is 306 Å². The van der Waals surface area contributed by atoms with Crippen LogP contribution in [0, 0.1) is 56.7 Å². The highest BCUT2D eigenvalue weighted by molar-refractivity contribution is 6.00. The van der Waals surface area contributed by atoms with Gasteiger partial charge in [0, 0.05) is 17.3 Å². The number of nitrogens with one attached hydrogen (secondary N) is 1. The highest BCUT2D eigenvalue weighted by atomic mass is 16.5. The molecule has 4 saturated carbocycles. The Bertz CT molecular complexity index is 1540. The summed E-state index contributed by atoms with van der Waals surface area (Å²) >= 11 is 0. The fraction of sp³-hybridized carbons (Fsp3) is 0.750. The van der Waals surface area contributed by atoms with Gasteiger partial charge in [0.2, 0.25) is 0 Å². The van der Waals surface area contributed by atoms with Crippen LogP contribution in [0.25, 0.3) is 0 Å². The molecule has 0 radical (unpaired) electrons. The van der Waals surface area contributed by atoms with Crippen LogP contribution in [0.1, 0.15) is 132 Å². The van der Waals surface area contributed by atoms with Crippen molar-refractivity contribution in [1.82, 2.24) is 5.32 Å². The number of ether oxygens (including phenoxy) is 1. The third-order valence-corrected chi connectivity index (χ3v) is 15.4. The lowest BCUT2D eigenvalue weighted by atomic mass is 9.36. The summed E-state index contributed by atoms with van der Waals surface area (Å²) in [6.07, 6.45) is 11.0. The number of Topliss-reactive ketones (excluding diaryl/α,β-unsaturated/α-hetero) is 1. The third-order valence-electron chi connectivity index (χ3n) is 15.4. The summed E-state index contributed by atoms with van der Waals surface area (Å²) in [5.74, 6) is 1.63. The molecular weight excluding hydrogens is 638 g/mol. The highest BCUT2D eigenvalue weighted by Crippen LogP contribution is 2.73. The van der Waals surface area contributed by atoms with Crippen molar-refractivity contribution in [2.45, 2.75) is 139 Å². The van der Waals surface area contributed by atoms with Crippen LogP contribution < -0.4 is 5.32 Å². The van der Waals surface area contributed by atoms with Gasteiger partial charge in [0.15, 0.2) is 5.78 Å². The van der Waals surface area contributed by atoms with Crippen LogP contribution in [0.2, 0.25) is 0 Å². The van der Waals surface area contributed by atoms with Crippen LogP contribution in [0.5, 0.6) is 5.75 Å². The van der Waals surface area contributed by atoms with Gasteiger partial charge in [0.05, 0.1) is 11.8 Å². The Kier molecular flexibility index (Phi) is 10.2. The van der Waals surface area contributed by atoms with Gasteiger partial charge in [-0.15, -0.1) is 0 Å². The molecule has 0 saturated heterocycles. The molecule has 0 bridgehead atoms. The number of benzene rings is 1. The third kappa shape index (κ3) is 6.61. The van der Waals surface area contributed by atoms with Gasteiger partial charge in [-0.25, -0.2) is 0 Å². The summed E-state index contributed by atoms with van der Waals surface area (Å²) in [6, 6.07) is 7.47. The van der Waals surface area contributed by atoms with Crippen LogP contribution in [-0.4, -0.2) is 47.1 Å². The number of rotatable bonds is 11. The predicted molar refractivity (Wildman–Crippen MR) is 200 cm³/mol. The van der Waals surface area contributed by atoms with E-state index in [2.05, 4.69) is 46.9 Å². The number of hydrogen-bond donors (Lipinski definition) is 3. The van der Waals surface area contributed by atoms with E-state index in [1.165, 1.54) is 24.8 Å². The number of allylic oxidation sites excluding steroid dienone is 2. The molecule has 0 amide bonds. The van der Waals surface area contributed by atoms with Gasteiger partial charge in [-0.05, 0) is 155 Å². The lowest BCUT2D eigenvalue weighted by Crippen LogP contribution is -2.63. The summed E-state index contributed by atoms with van der Waals surface area (Å²) < 4.78 is 6.16. The number of carbonyl (C=O) groups is 3. The number of aromatic hydroxyl groups is 1. The minimum atomic E-state index is -1.15. The second-order valence-corrected chi connectivity index (χ2v) is 19.5. The first kappa shape index (κ1) is 38.1. The van der Waals surface area contributed by atoms with E-state index in [-0.39, 0.29) is 40.1 Å². The Morgan fingerprint density at radius 1 is 0.922 bits per heavy atom. The average molecular weight is 704 g/mol. The molecule has 1 aromatic carbocycles. The molecule has 5 aliphatic carbocycles. The summed E-state index contributed by atoms with van der Waals surface area (Å²) in [4.78, 5) is 38.6. The number of esters is 1. The van der Waals surface area contributed by atoms with Crippen LogP contribution >= 0.6 is 0 Å².